The molecule has 160 valence electrons. The molecule has 1 saturated heterocycles. The molecule has 1 aliphatic heterocycles. The van der Waals surface area contributed by atoms with Crippen molar-refractivity contribution in [1.82, 2.24) is 24.9 Å². The SMILES string of the molecule is CCCCOc1nc(N)c2ncc(Cc3ccc(N4CCNCC4)c(OC)c3)n2n1. The summed E-state index contributed by atoms with van der Waals surface area (Å²) in [5, 5.41) is 7.87. The molecule has 0 saturated carbocycles. The van der Waals surface area contributed by atoms with Gasteiger partial charge in [-0.05, 0) is 24.1 Å². The molecular weight excluding hydrogens is 382 g/mol. The van der Waals surface area contributed by atoms with Gasteiger partial charge in [-0.1, -0.05) is 19.4 Å². The molecule has 1 aromatic carbocycles. The van der Waals surface area contributed by atoms with Crippen molar-refractivity contribution in [1.29, 1.82) is 0 Å². The van der Waals surface area contributed by atoms with Crippen LogP contribution in [0.1, 0.15) is 31.0 Å². The van der Waals surface area contributed by atoms with Gasteiger partial charge in [-0.25, -0.2) is 9.50 Å². The number of piperazine rings is 1. The van der Waals surface area contributed by atoms with Gasteiger partial charge in [0.1, 0.15) is 5.75 Å². The predicted molar refractivity (Wildman–Crippen MR) is 116 cm³/mol. The monoisotopic (exact) mass is 411 g/mol. The van der Waals surface area contributed by atoms with Crippen LogP contribution in [0.4, 0.5) is 11.5 Å². The number of hydrogen-bond donors (Lipinski definition) is 2. The largest absolute Gasteiger partial charge is 0.495 e. The first-order valence-electron chi connectivity index (χ1n) is 10.4. The molecule has 0 spiro atoms. The van der Waals surface area contributed by atoms with Crippen LogP contribution in [0, 0.1) is 0 Å². The van der Waals surface area contributed by atoms with E-state index in [2.05, 4.69) is 50.4 Å². The Labute approximate surface area is 176 Å². The molecule has 3 aromatic rings. The molecule has 9 heteroatoms. The molecule has 2 aromatic heterocycles. The number of hydrogen-bond acceptors (Lipinski definition) is 8. The van der Waals surface area contributed by atoms with Crippen molar-refractivity contribution in [3.8, 4) is 11.8 Å². The first-order chi connectivity index (χ1) is 14.7. The maximum atomic E-state index is 6.07. The molecule has 0 bridgehead atoms. The fourth-order valence-electron chi connectivity index (χ4n) is 3.63. The lowest BCUT2D eigenvalue weighted by Crippen LogP contribution is -2.43. The van der Waals surface area contributed by atoms with E-state index >= 15 is 0 Å². The minimum absolute atomic E-state index is 0.277. The van der Waals surface area contributed by atoms with Crippen LogP contribution in [-0.4, -0.2) is 59.5 Å². The highest BCUT2D eigenvalue weighted by Crippen LogP contribution is 2.30. The van der Waals surface area contributed by atoms with Gasteiger partial charge in [-0.3, -0.25) is 0 Å². The van der Waals surface area contributed by atoms with Crippen LogP contribution in [0.3, 0.4) is 0 Å². The lowest BCUT2D eigenvalue weighted by molar-refractivity contribution is 0.280. The minimum atomic E-state index is 0.277. The number of rotatable bonds is 8. The van der Waals surface area contributed by atoms with Crippen LogP contribution in [-0.2, 0) is 6.42 Å². The van der Waals surface area contributed by atoms with Crippen LogP contribution >= 0.6 is 0 Å². The van der Waals surface area contributed by atoms with Gasteiger partial charge < -0.3 is 25.4 Å². The Bertz CT molecular complexity index is 998. The van der Waals surface area contributed by atoms with Crippen molar-refractivity contribution in [3.63, 3.8) is 0 Å². The predicted octanol–water partition coefficient (Wildman–Crippen LogP) is 1.89. The molecule has 3 heterocycles. The summed E-state index contributed by atoms with van der Waals surface area (Å²) in [6, 6.07) is 6.62. The zero-order valence-electron chi connectivity index (χ0n) is 17.6. The van der Waals surface area contributed by atoms with E-state index in [-0.39, 0.29) is 6.01 Å². The first-order valence-corrected chi connectivity index (χ1v) is 10.4. The maximum absolute atomic E-state index is 6.07. The van der Waals surface area contributed by atoms with Crippen LogP contribution in [0.2, 0.25) is 0 Å². The fraction of sp³-hybridized carbons (Fsp3) is 0.476. The van der Waals surface area contributed by atoms with Crippen molar-refractivity contribution < 1.29 is 9.47 Å². The molecule has 30 heavy (non-hydrogen) atoms. The average molecular weight is 412 g/mol. The quantitative estimate of drug-likeness (QED) is 0.542. The van der Waals surface area contributed by atoms with Crippen molar-refractivity contribution in [2.45, 2.75) is 26.2 Å². The highest BCUT2D eigenvalue weighted by molar-refractivity contribution is 5.61. The first kappa shape index (κ1) is 20.2. The highest BCUT2D eigenvalue weighted by Gasteiger charge is 2.17. The van der Waals surface area contributed by atoms with E-state index in [9.17, 15) is 0 Å². The highest BCUT2D eigenvalue weighted by atomic mass is 16.5. The van der Waals surface area contributed by atoms with E-state index in [0.29, 0.717) is 24.5 Å². The third-order valence-electron chi connectivity index (χ3n) is 5.26. The number of unbranched alkanes of at least 4 members (excludes halogenated alkanes) is 1. The van der Waals surface area contributed by atoms with Crippen LogP contribution in [0.15, 0.2) is 24.4 Å². The lowest BCUT2D eigenvalue weighted by atomic mass is 10.1. The van der Waals surface area contributed by atoms with Gasteiger partial charge in [0.15, 0.2) is 11.5 Å². The third kappa shape index (κ3) is 4.25. The van der Waals surface area contributed by atoms with Crippen molar-refractivity contribution >= 4 is 17.2 Å². The third-order valence-corrected chi connectivity index (χ3v) is 5.26. The molecular formula is C21H29N7O2. The summed E-state index contributed by atoms with van der Waals surface area (Å²) in [4.78, 5) is 11.0. The topological polar surface area (TPSA) is 103 Å². The zero-order chi connectivity index (χ0) is 20.9. The average Bonchev–Trinajstić information content (AvgIpc) is 3.17. The van der Waals surface area contributed by atoms with Crippen LogP contribution in [0.5, 0.6) is 11.8 Å². The van der Waals surface area contributed by atoms with Gasteiger partial charge in [0.25, 0.3) is 0 Å². The number of imidazole rings is 1. The number of ether oxygens (including phenoxy) is 2. The summed E-state index contributed by atoms with van der Waals surface area (Å²) < 4.78 is 13.1. The molecule has 0 unspecified atom stereocenters. The maximum Gasteiger partial charge on any atom is 0.336 e. The number of nitrogens with two attached hydrogens (primary N) is 1. The van der Waals surface area contributed by atoms with E-state index in [1.165, 1.54) is 0 Å². The second kappa shape index (κ2) is 9.17. The molecule has 1 fully saturated rings. The number of fused-ring (bicyclic) bond motifs is 1. The number of benzene rings is 1. The van der Waals surface area contributed by atoms with Gasteiger partial charge in [-0.2, -0.15) is 4.98 Å². The van der Waals surface area contributed by atoms with E-state index < -0.39 is 0 Å². The van der Waals surface area contributed by atoms with Gasteiger partial charge in [0.05, 0.1) is 31.3 Å². The van der Waals surface area contributed by atoms with Gasteiger partial charge in [0.2, 0.25) is 0 Å². The van der Waals surface area contributed by atoms with Gasteiger partial charge >= 0.3 is 6.01 Å². The van der Waals surface area contributed by atoms with Crippen molar-refractivity contribution in [2.75, 3.05) is 50.5 Å². The number of anilines is 2. The number of aromatic nitrogens is 4. The molecule has 0 atom stereocenters. The Morgan fingerprint density at radius 2 is 2.07 bits per heavy atom. The van der Waals surface area contributed by atoms with E-state index in [1.54, 1.807) is 17.8 Å². The summed E-state index contributed by atoms with van der Waals surface area (Å²) in [5.41, 5.74) is 9.76. The summed E-state index contributed by atoms with van der Waals surface area (Å²) in [7, 11) is 1.72. The molecule has 0 radical (unpaired) electrons. The minimum Gasteiger partial charge on any atom is -0.495 e. The Morgan fingerprint density at radius 3 is 2.83 bits per heavy atom. The smallest absolute Gasteiger partial charge is 0.336 e. The summed E-state index contributed by atoms with van der Waals surface area (Å²) in [6.07, 6.45) is 4.41. The number of nitrogen functional groups attached to an aromatic ring is 1. The lowest BCUT2D eigenvalue weighted by Gasteiger charge is -2.30. The Balaban J connectivity index is 1.58. The molecule has 4 rings (SSSR count). The molecule has 9 nitrogen and oxygen atoms in total. The summed E-state index contributed by atoms with van der Waals surface area (Å²) >= 11 is 0. The van der Waals surface area contributed by atoms with Crippen molar-refractivity contribution in [3.05, 3.63) is 35.7 Å². The van der Waals surface area contributed by atoms with Gasteiger partial charge in [0, 0.05) is 32.6 Å². The second-order valence-corrected chi connectivity index (χ2v) is 7.39. The summed E-state index contributed by atoms with van der Waals surface area (Å²) in [5.74, 6) is 1.19. The van der Waals surface area contributed by atoms with Crippen LogP contribution in [0.25, 0.3) is 5.65 Å². The van der Waals surface area contributed by atoms with E-state index in [4.69, 9.17) is 15.2 Å². The fourth-order valence-corrected chi connectivity index (χ4v) is 3.63. The summed E-state index contributed by atoms with van der Waals surface area (Å²) in [6.45, 7) is 6.58. The zero-order valence-corrected chi connectivity index (χ0v) is 17.6. The normalized spacial score (nSPS) is 14.3. The molecule has 3 N–H and O–H groups in total. The standard InChI is InChI=1S/C21H29N7O2/c1-3-4-11-30-21-25-19(22)20-24-14-16(28(20)26-21)12-15-5-6-17(18(13-15)29-2)27-9-7-23-8-10-27/h5-6,13-14,23H,3-4,7-12H2,1-2H3,(H2,22,25,26). The van der Waals surface area contributed by atoms with Crippen LogP contribution < -0.4 is 25.4 Å². The number of methoxy groups -OCH3 is 1. The van der Waals surface area contributed by atoms with E-state index in [1.807, 2.05) is 0 Å². The Kier molecular flexibility index (Phi) is 6.18. The van der Waals surface area contributed by atoms with Crippen molar-refractivity contribution in [2.24, 2.45) is 0 Å². The Morgan fingerprint density at radius 1 is 1.23 bits per heavy atom. The Hall–Kier alpha value is -3.07. The molecule has 1 aliphatic rings. The molecule has 0 amide bonds. The number of nitrogens with zero attached hydrogens (tertiary/aromatic N) is 5. The second-order valence-electron chi connectivity index (χ2n) is 7.39. The number of nitrogens with one attached hydrogen (secondary N) is 1. The molecule has 0 aliphatic carbocycles. The van der Waals surface area contributed by atoms with Gasteiger partial charge in [-0.15, -0.1) is 5.10 Å². The van der Waals surface area contributed by atoms with E-state index in [0.717, 1.165) is 61.7 Å².